The Hall–Kier alpha value is -7.18. The molecule has 11 aromatic rings. The molecule has 0 unspecified atom stereocenters. The third-order valence-corrected chi connectivity index (χ3v) is 10.7. The van der Waals surface area contributed by atoms with Crippen LogP contribution in [0, 0.1) is 0 Å². The fraction of sp³-hybridized carbons (Fsp3) is 0. The van der Waals surface area contributed by atoms with Crippen LogP contribution in [0.1, 0.15) is 0 Å². The van der Waals surface area contributed by atoms with E-state index in [-0.39, 0.29) is 18.6 Å². The van der Waals surface area contributed by atoms with E-state index in [1.807, 2.05) is 72.8 Å². The summed E-state index contributed by atoms with van der Waals surface area (Å²) in [5.74, 6) is 1.87. The summed E-state index contributed by atoms with van der Waals surface area (Å²) in [6.07, 6.45) is 0. The van der Waals surface area contributed by atoms with E-state index in [0.717, 1.165) is 82.7 Å². The molecule has 8 aromatic carbocycles. The van der Waals surface area contributed by atoms with Gasteiger partial charge < -0.3 is 4.42 Å². The number of hydrogen-bond acceptors (Lipinski definition) is 5. The minimum absolute atomic E-state index is 0. The van der Waals surface area contributed by atoms with E-state index in [1.165, 1.54) is 11.1 Å². The van der Waals surface area contributed by atoms with Crippen molar-refractivity contribution in [3.05, 3.63) is 194 Å². The molecule has 0 aliphatic heterocycles. The molecule has 3 aromatic heterocycles. The standard InChI is InChI=1S/C52H32N4O.V/c1-4-14-33(15-5-1)34-24-26-35(27-25-34)46-47-40-20-10-12-22-43(40)53-49(42(47)32-45-48(46)41-21-11-13-23-44(41)57-45)36-28-30-39(31-29-36)52-55-50(37-16-6-2-7-17-37)54-51(56-52)38-18-8-3-9-19-38;/h1-32H;. The van der Waals surface area contributed by atoms with Crippen LogP contribution in [0.5, 0.6) is 0 Å². The van der Waals surface area contributed by atoms with E-state index in [1.54, 1.807) is 0 Å². The first-order valence-electron chi connectivity index (χ1n) is 19.1. The topological polar surface area (TPSA) is 64.7 Å². The summed E-state index contributed by atoms with van der Waals surface area (Å²) in [5, 5.41) is 5.44. The smallest absolute Gasteiger partial charge is 0.164 e. The molecule has 271 valence electrons. The Kier molecular flexibility index (Phi) is 8.95. The average molecular weight is 780 g/mol. The number of benzene rings is 8. The van der Waals surface area contributed by atoms with Crippen LogP contribution in [0.4, 0.5) is 0 Å². The Bertz CT molecular complexity index is 3200. The van der Waals surface area contributed by atoms with E-state index in [2.05, 4.69) is 121 Å². The zero-order valence-corrected chi connectivity index (χ0v) is 32.5. The Morgan fingerprint density at radius 1 is 0.310 bits per heavy atom. The number of furan rings is 1. The van der Waals surface area contributed by atoms with Gasteiger partial charge in [0.2, 0.25) is 0 Å². The van der Waals surface area contributed by atoms with Crippen molar-refractivity contribution in [2.45, 2.75) is 0 Å². The fourth-order valence-electron chi connectivity index (χ4n) is 8.00. The molecule has 0 saturated carbocycles. The molecule has 0 saturated heterocycles. The van der Waals surface area contributed by atoms with Gasteiger partial charge in [0, 0.05) is 73.3 Å². The van der Waals surface area contributed by atoms with Crippen LogP contribution in [0.2, 0.25) is 0 Å². The summed E-state index contributed by atoms with van der Waals surface area (Å²) in [7, 11) is 0. The van der Waals surface area contributed by atoms with Crippen LogP contribution >= 0.6 is 0 Å². The molecule has 11 rings (SSSR count). The Balaban J connectivity index is 0.00000408. The largest absolute Gasteiger partial charge is 0.456 e. The molecule has 0 bridgehead atoms. The predicted molar refractivity (Wildman–Crippen MR) is 233 cm³/mol. The number of aromatic nitrogens is 4. The Morgan fingerprint density at radius 3 is 1.38 bits per heavy atom. The number of nitrogens with zero attached hydrogens (tertiary/aromatic N) is 4. The van der Waals surface area contributed by atoms with E-state index in [9.17, 15) is 0 Å². The molecule has 0 aliphatic rings. The fourth-order valence-corrected chi connectivity index (χ4v) is 8.00. The van der Waals surface area contributed by atoms with Crippen LogP contribution in [-0.4, -0.2) is 19.9 Å². The quantitative estimate of drug-likeness (QED) is 0.157. The second-order valence-electron chi connectivity index (χ2n) is 14.2. The number of pyridine rings is 1. The number of hydrogen-bond donors (Lipinski definition) is 0. The van der Waals surface area contributed by atoms with Gasteiger partial charge in [-0.1, -0.05) is 176 Å². The molecule has 6 heteroatoms. The molecule has 0 fully saturated rings. The third kappa shape index (κ3) is 6.14. The Morgan fingerprint density at radius 2 is 0.759 bits per heavy atom. The van der Waals surface area contributed by atoms with Crippen molar-refractivity contribution >= 4 is 43.6 Å². The summed E-state index contributed by atoms with van der Waals surface area (Å²) in [6.45, 7) is 0. The molecule has 58 heavy (non-hydrogen) atoms. The van der Waals surface area contributed by atoms with Crippen molar-refractivity contribution in [2.24, 2.45) is 0 Å². The van der Waals surface area contributed by atoms with Crippen molar-refractivity contribution in [3.8, 4) is 67.7 Å². The van der Waals surface area contributed by atoms with Gasteiger partial charge in [-0.05, 0) is 34.9 Å². The summed E-state index contributed by atoms with van der Waals surface area (Å²) in [6, 6.07) is 66.9. The van der Waals surface area contributed by atoms with Crippen molar-refractivity contribution < 1.29 is 23.0 Å². The van der Waals surface area contributed by atoms with Gasteiger partial charge in [0.1, 0.15) is 11.2 Å². The molecule has 3 heterocycles. The van der Waals surface area contributed by atoms with E-state index < -0.39 is 0 Å². The second-order valence-corrected chi connectivity index (χ2v) is 14.2. The van der Waals surface area contributed by atoms with Crippen LogP contribution in [0.3, 0.4) is 0 Å². The van der Waals surface area contributed by atoms with Gasteiger partial charge >= 0.3 is 0 Å². The summed E-state index contributed by atoms with van der Waals surface area (Å²) >= 11 is 0. The van der Waals surface area contributed by atoms with E-state index in [0.29, 0.717) is 17.5 Å². The normalized spacial score (nSPS) is 11.3. The molecular weight excluding hydrogens is 748 g/mol. The van der Waals surface area contributed by atoms with Crippen molar-refractivity contribution in [2.75, 3.05) is 0 Å². The first kappa shape index (κ1) is 35.3. The van der Waals surface area contributed by atoms with Gasteiger partial charge in [0.25, 0.3) is 0 Å². The minimum Gasteiger partial charge on any atom is -0.456 e. The van der Waals surface area contributed by atoms with E-state index >= 15 is 0 Å². The monoisotopic (exact) mass is 779 g/mol. The zero-order chi connectivity index (χ0) is 37.7. The van der Waals surface area contributed by atoms with Gasteiger partial charge in [-0.2, -0.15) is 0 Å². The summed E-state index contributed by atoms with van der Waals surface area (Å²) < 4.78 is 6.64. The summed E-state index contributed by atoms with van der Waals surface area (Å²) in [4.78, 5) is 20.2. The molecule has 0 aliphatic carbocycles. The first-order chi connectivity index (χ1) is 28.2. The average Bonchev–Trinajstić information content (AvgIpc) is 3.67. The van der Waals surface area contributed by atoms with Crippen LogP contribution in [-0.2, 0) is 18.6 Å². The van der Waals surface area contributed by atoms with Gasteiger partial charge in [-0.3, -0.25) is 0 Å². The van der Waals surface area contributed by atoms with Crippen molar-refractivity contribution in [3.63, 3.8) is 0 Å². The maximum Gasteiger partial charge on any atom is 0.164 e. The molecular formula is C52H32N4OV. The maximum atomic E-state index is 6.64. The van der Waals surface area contributed by atoms with Gasteiger partial charge in [-0.25, -0.2) is 19.9 Å². The van der Waals surface area contributed by atoms with Crippen LogP contribution in [0.15, 0.2) is 199 Å². The van der Waals surface area contributed by atoms with Crippen LogP contribution < -0.4 is 0 Å². The predicted octanol–water partition coefficient (Wildman–Crippen LogP) is 13.5. The minimum atomic E-state index is 0. The molecule has 1 radical (unpaired) electrons. The molecule has 0 atom stereocenters. The second kappa shape index (κ2) is 14.7. The number of rotatable bonds is 6. The van der Waals surface area contributed by atoms with E-state index in [4.69, 9.17) is 24.4 Å². The van der Waals surface area contributed by atoms with Gasteiger partial charge in [0.05, 0.1) is 11.2 Å². The number of fused-ring (bicyclic) bond motifs is 6. The van der Waals surface area contributed by atoms with Gasteiger partial charge in [-0.15, -0.1) is 0 Å². The first-order valence-corrected chi connectivity index (χ1v) is 19.1. The van der Waals surface area contributed by atoms with Crippen LogP contribution in [0.25, 0.3) is 111 Å². The SMILES string of the molecule is [V].c1ccc(-c2ccc(-c3c4c(cc5c(-c6ccc(-c7nc(-c8ccccc8)nc(-c8ccccc8)n7)cc6)nc6ccccc6c35)oc3ccccc34)cc2)cc1. The maximum absolute atomic E-state index is 6.64. The van der Waals surface area contributed by atoms with Crippen molar-refractivity contribution in [1.82, 2.24) is 19.9 Å². The molecule has 0 N–H and O–H groups in total. The molecule has 5 nitrogen and oxygen atoms in total. The zero-order valence-electron chi connectivity index (χ0n) is 31.1. The molecule has 0 spiro atoms. The van der Waals surface area contributed by atoms with Crippen molar-refractivity contribution in [1.29, 1.82) is 0 Å². The van der Waals surface area contributed by atoms with Gasteiger partial charge in [0.15, 0.2) is 17.5 Å². The molecule has 0 amide bonds. The summed E-state index contributed by atoms with van der Waals surface area (Å²) in [5.41, 5.74) is 11.8. The number of para-hydroxylation sites is 2. The third-order valence-electron chi connectivity index (χ3n) is 10.7. The Labute approximate surface area is 346 Å².